The highest BCUT2D eigenvalue weighted by atomic mass is 16.5. The minimum atomic E-state index is -0.555. The lowest BCUT2D eigenvalue weighted by Gasteiger charge is -2.56. The van der Waals surface area contributed by atoms with E-state index in [9.17, 15) is 14.7 Å². The molecule has 3 N–H and O–H groups in total. The fourth-order valence-corrected chi connectivity index (χ4v) is 6.86. The minimum Gasteiger partial charge on any atom is -0.392 e. The van der Waals surface area contributed by atoms with Gasteiger partial charge in [-0.05, 0) is 61.0 Å². The zero-order chi connectivity index (χ0) is 25.0. The summed E-state index contributed by atoms with van der Waals surface area (Å²) in [6, 6.07) is 9.34. The van der Waals surface area contributed by atoms with Crippen molar-refractivity contribution in [1.82, 2.24) is 15.5 Å². The lowest BCUT2D eigenvalue weighted by Crippen LogP contribution is -2.58. The third-order valence-electron chi connectivity index (χ3n) is 9.13. The predicted molar refractivity (Wildman–Crippen MR) is 136 cm³/mol. The van der Waals surface area contributed by atoms with Crippen LogP contribution in [0.2, 0.25) is 0 Å². The van der Waals surface area contributed by atoms with Crippen LogP contribution in [0.25, 0.3) is 0 Å². The largest absolute Gasteiger partial charge is 0.392 e. The molecule has 35 heavy (non-hydrogen) atoms. The molecule has 0 aromatic heterocycles. The number of hydrogen-bond donors (Lipinski definition) is 3. The van der Waals surface area contributed by atoms with E-state index >= 15 is 0 Å². The lowest BCUT2D eigenvalue weighted by atomic mass is 9.51. The molecule has 194 valence electrons. The molecule has 1 unspecified atom stereocenters. The predicted octanol–water partition coefficient (Wildman–Crippen LogP) is 2.69. The van der Waals surface area contributed by atoms with Crippen LogP contribution in [0.1, 0.15) is 56.8 Å². The van der Waals surface area contributed by atoms with Gasteiger partial charge in [0, 0.05) is 43.7 Å². The van der Waals surface area contributed by atoms with Crippen LogP contribution >= 0.6 is 0 Å². The van der Waals surface area contributed by atoms with Crippen molar-refractivity contribution in [3.63, 3.8) is 0 Å². The molecule has 0 bridgehead atoms. The monoisotopic (exact) mass is 485 g/mol. The number of amides is 2. The molecule has 0 spiro atoms. The Kier molecular flexibility index (Phi) is 8.50. The Morgan fingerprint density at radius 1 is 1.17 bits per heavy atom. The number of aliphatic hydroxyl groups is 1. The number of carbonyl (C=O) groups is 2. The van der Waals surface area contributed by atoms with Gasteiger partial charge in [0.25, 0.3) is 5.91 Å². The molecule has 1 aliphatic heterocycles. The molecule has 1 aromatic carbocycles. The van der Waals surface area contributed by atoms with Gasteiger partial charge in [-0.15, -0.1) is 0 Å². The second kappa shape index (κ2) is 11.4. The van der Waals surface area contributed by atoms with E-state index in [2.05, 4.69) is 29.4 Å². The molecule has 2 aliphatic carbocycles. The molecular formula is C28H43N3O4. The highest BCUT2D eigenvalue weighted by Gasteiger charge is 2.53. The minimum absolute atomic E-state index is 0.0202. The normalized spacial score (nSPS) is 34.5. The molecule has 7 heteroatoms. The summed E-state index contributed by atoms with van der Waals surface area (Å²) in [7, 11) is 0. The number of nitrogens with one attached hydrogen (secondary N) is 2. The number of hydrogen-bond acceptors (Lipinski definition) is 5. The van der Waals surface area contributed by atoms with Crippen LogP contribution in [-0.2, 0) is 9.53 Å². The number of nitrogens with zero attached hydrogens (tertiary/aromatic N) is 1. The van der Waals surface area contributed by atoms with Gasteiger partial charge in [-0.1, -0.05) is 39.0 Å². The number of rotatable bonds is 7. The van der Waals surface area contributed by atoms with E-state index < -0.39 is 6.10 Å². The molecule has 7 nitrogen and oxygen atoms in total. The Bertz CT molecular complexity index is 859. The fraction of sp³-hybridized carbons (Fsp3) is 0.714. The summed E-state index contributed by atoms with van der Waals surface area (Å²) in [6.45, 7) is 11.2. The first-order valence-corrected chi connectivity index (χ1v) is 13.4. The number of morpholine rings is 1. The third-order valence-corrected chi connectivity index (χ3v) is 9.13. The number of benzene rings is 1. The molecule has 3 aliphatic rings. The standard InChI is InChI=1S/C28H43N3O4/c1-19(26(33)29-13-14-31-15-17-35-18-16-31)22-9-11-28(3)12-10-23(20(2)24(28)25(22)32)30-27(34)21-7-5-4-6-8-21/h4-8,19-20,22-25,32H,9-18H2,1-3H3,(H,29,33)(H,30,34)/t19-,20+,22?,23-,24+,25-,28-/m0/s1. The zero-order valence-electron chi connectivity index (χ0n) is 21.5. The van der Waals surface area contributed by atoms with Crippen LogP contribution in [0, 0.1) is 29.1 Å². The first-order chi connectivity index (χ1) is 16.8. The maximum absolute atomic E-state index is 13.0. The summed E-state index contributed by atoms with van der Waals surface area (Å²) in [6.07, 6.45) is 3.21. The van der Waals surface area contributed by atoms with Crippen molar-refractivity contribution in [3.8, 4) is 0 Å². The third kappa shape index (κ3) is 5.89. The Balaban J connectivity index is 1.36. The van der Waals surface area contributed by atoms with Crippen molar-refractivity contribution in [3.05, 3.63) is 35.9 Å². The van der Waals surface area contributed by atoms with E-state index in [4.69, 9.17) is 4.74 Å². The molecule has 2 saturated carbocycles. The van der Waals surface area contributed by atoms with Crippen LogP contribution in [0.3, 0.4) is 0 Å². The van der Waals surface area contributed by atoms with Gasteiger partial charge in [-0.25, -0.2) is 0 Å². The Labute approximate surface area is 210 Å². The van der Waals surface area contributed by atoms with Crippen LogP contribution < -0.4 is 10.6 Å². The Hall–Kier alpha value is -1.96. The van der Waals surface area contributed by atoms with Crippen molar-refractivity contribution in [1.29, 1.82) is 0 Å². The first kappa shape index (κ1) is 26.1. The van der Waals surface area contributed by atoms with Gasteiger partial charge in [0.1, 0.15) is 0 Å². The summed E-state index contributed by atoms with van der Waals surface area (Å²) in [4.78, 5) is 28.1. The summed E-state index contributed by atoms with van der Waals surface area (Å²) >= 11 is 0. The summed E-state index contributed by atoms with van der Waals surface area (Å²) < 4.78 is 5.39. The SMILES string of the molecule is C[C@H]1[C@@H]2[C@@H](O)C([C@H](C)C(=O)NCCN3CCOCC3)CC[C@@]2(C)CC[C@@H]1NC(=O)c1ccccc1. The molecule has 1 heterocycles. The molecular weight excluding hydrogens is 442 g/mol. The van der Waals surface area contributed by atoms with Gasteiger partial charge < -0.3 is 20.5 Å². The smallest absolute Gasteiger partial charge is 0.251 e. The van der Waals surface area contributed by atoms with Gasteiger partial charge in [0.15, 0.2) is 0 Å². The molecule has 2 amide bonds. The van der Waals surface area contributed by atoms with Crippen molar-refractivity contribution >= 4 is 11.8 Å². The van der Waals surface area contributed by atoms with E-state index in [0.717, 1.165) is 58.5 Å². The Morgan fingerprint density at radius 3 is 2.57 bits per heavy atom. The van der Waals surface area contributed by atoms with E-state index in [1.807, 2.05) is 37.3 Å². The van der Waals surface area contributed by atoms with Gasteiger partial charge in [0.05, 0.1) is 19.3 Å². The van der Waals surface area contributed by atoms with Crippen LogP contribution in [0.5, 0.6) is 0 Å². The number of fused-ring (bicyclic) bond motifs is 1. The molecule has 1 saturated heterocycles. The van der Waals surface area contributed by atoms with Gasteiger partial charge in [-0.3, -0.25) is 14.5 Å². The topological polar surface area (TPSA) is 90.9 Å². The molecule has 1 aromatic rings. The van der Waals surface area contributed by atoms with Gasteiger partial charge in [0.2, 0.25) is 5.91 Å². The summed E-state index contributed by atoms with van der Waals surface area (Å²) in [5.74, 6) is -0.145. The summed E-state index contributed by atoms with van der Waals surface area (Å²) in [5.41, 5.74) is 0.702. The van der Waals surface area contributed by atoms with Crippen LogP contribution in [0.15, 0.2) is 30.3 Å². The van der Waals surface area contributed by atoms with Gasteiger partial charge >= 0.3 is 0 Å². The maximum atomic E-state index is 13.0. The molecule has 4 rings (SSSR count). The van der Waals surface area contributed by atoms with Gasteiger partial charge in [-0.2, -0.15) is 0 Å². The van der Waals surface area contributed by atoms with Crippen LogP contribution in [-0.4, -0.2) is 73.4 Å². The average molecular weight is 486 g/mol. The molecule has 0 radical (unpaired) electrons. The Morgan fingerprint density at radius 2 is 1.86 bits per heavy atom. The van der Waals surface area contributed by atoms with E-state index in [0.29, 0.717) is 12.1 Å². The maximum Gasteiger partial charge on any atom is 0.251 e. The average Bonchev–Trinajstić information content (AvgIpc) is 2.86. The molecule has 3 fully saturated rings. The molecule has 7 atom stereocenters. The van der Waals surface area contributed by atoms with Crippen molar-refractivity contribution in [2.24, 2.45) is 29.1 Å². The fourth-order valence-electron chi connectivity index (χ4n) is 6.86. The van der Waals surface area contributed by atoms with Crippen molar-refractivity contribution in [2.45, 2.75) is 58.6 Å². The second-order valence-corrected chi connectivity index (χ2v) is 11.3. The number of ether oxygens (including phenoxy) is 1. The van der Waals surface area contributed by atoms with Crippen molar-refractivity contribution in [2.75, 3.05) is 39.4 Å². The van der Waals surface area contributed by atoms with E-state index in [1.165, 1.54) is 0 Å². The number of carbonyl (C=O) groups excluding carboxylic acids is 2. The zero-order valence-corrected chi connectivity index (χ0v) is 21.5. The lowest BCUT2D eigenvalue weighted by molar-refractivity contribution is -0.142. The van der Waals surface area contributed by atoms with Crippen LogP contribution in [0.4, 0.5) is 0 Å². The first-order valence-electron chi connectivity index (χ1n) is 13.4. The van der Waals surface area contributed by atoms with Crippen molar-refractivity contribution < 1.29 is 19.4 Å². The summed E-state index contributed by atoms with van der Waals surface area (Å²) in [5, 5.41) is 17.9. The quantitative estimate of drug-likeness (QED) is 0.553. The number of aliphatic hydroxyl groups excluding tert-OH is 1. The second-order valence-electron chi connectivity index (χ2n) is 11.3. The highest BCUT2D eigenvalue weighted by Crippen LogP contribution is 2.55. The van der Waals surface area contributed by atoms with E-state index in [-0.39, 0.29) is 46.9 Å². The van der Waals surface area contributed by atoms with E-state index in [1.54, 1.807) is 0 Å². The highest BCUT2D eigenvalue weighted by molar-refractivity contribution is 5.94.